The van der Waals surface area contributed by atoms with Crippen molar-refractivity contribution in [3.8, 4) is 0 Å². The lowest BCUT2D eigenvalue weighted by atomic mass is 9.77. The molecule has 5 rings (SSSR count). The van der Waals surface area contributed by atoms with Crippen molar-refractivity contribution in [2.75, 3.05) is 26.2 Å². The van der Waals surface area contributed by atoms with Gasteiger partial charge in [-0.05, 0) is 54.5 Å². The number of rotatable bonds is 2. The molecular formula is C23H27N3O3. The van der Waals surface area contributed by atoms with Crippen molar-refractivity contribution in [1.29, 1.82) is 0 Å². The van der Waals surface area contributed by atoms with E-state index in [1.807, 2.05) is 23.1 Å². The Morgan fingerprint density at radius 3 is 2.52 bits per heavy atom. The summed E-state index contributed by atoms with van der Waals surface area (Å²) >= 11 is 0. The number of furan rings is 1. The molecule has 1 atom stereocenters. The first-order chi connectivity index (χ1) is 14.2. The summed E-state index contributed by atoms with van der Waals surface area (Å²) in [5.74, 6) is 0.147. The molecule has 4 heterocycles. The molecule has 0 radical (unpaired) electrons. The molecule has 2 amide bonds. The van der Waals surface area contributed by atoms with Gasteiger partial charge in [0, 0.05) is 32.6 Å². The van der Waals surface area contributed by atoms with Crippen LogP contribution in [0.4, 0.5) is 0 Å². The van der Waals surface area contributed by atoms with Gasteiger partial charge in [0.1, 0.15) is 6.04 Å². The van der Waals surface area contributed by atoms with E-state index in [0.717, 1.165) is 50.1 Å². The van der Waals surface area contributed by atoms with Gasteiger partial charge in [0.2, 0.25) is 5.91 Å². The third-order valence-corrected chi connectivity index (χ3v) is 6.99. The first kappa shape index (κ1) is 18.4. The number of hydrogen-bond acceptors (Lipinski definition) is 4. The van der Waals surface area contributed by atoms with Gasteiger partial charge >= 0.3 is 0 Å². The van der Waals surface area contributed by atoms with E-state index in [-0.39, 0.29) is 17.6 Å². The molecule has 2 fully saturated rings. The van der Waals surface area contributed by atoms with Gasteiger partial charge in [-0.1, -0.05) is 24.3 Å². The van der Waals surface area contributed by atoms with Gasteiger partial charge in [-0.2, -0.15) is 0 Å². The highest BCUT2D eigenvalue weighted by Gasteiger charge is 2.42. The number of carbonyl (C=O) groups excluding carboxylic acids is 2. The van der Waals surface area contributed by atoms with Gasteiger partial charge in [-0.25, -0.2) is 0 Å². The summed E-state index contributed by atoms with van der Waals surface area (Å²) in [6.07, 6.45) is 5.35. The molecule has 6 heteroatoms. The highest BCUT2D eigenvalue weighted by atomic mass is 16.3. The first-order valence-corrected chi connectivity index (χ1v) is 10.6. The molecule has 3 aliphatic heterocycles. The Bertz CT molecular complexity index is 892. The van der Waals surface area contributed by atoms with Gasteiger partial charge in [0.05, 0.1) is 6.26 Å². The molecule has 0 saturated carbocycles. The van der Waals surface area contributed by atoms with Crippen LogP contribution in [-0.4, -0.2) is 53.8 Å². The van der Waals surface area contributed by atoms with Crippen molar-refractivity contribution in [3.63, 3.8) is 0 Å². The maximum absolute atomic E-state index is 13.5. The second-order valence-corrected chi connectivity index (χ2v) is 8.65. The smallest absolute Gasteiger partial charge is 0.290 e. The number of nitrogens with one attached hydrogen (secondary N) is 1. The lowest BCUT2D eigenvalue weighted by molar-refractivity contribution is -0.139. The summed E-state index contributed by atoms with van der Waals surface area (Å²) in [6.45, 7) is 4.14. The minimum atomic E-state index is -0.474. The number of amides is 2. The van der Waals surface area contributed by atoms with E-state index in [0.29, 0.717) is 18.4 Å². The van der Waals surface area contributed by atoms with Crippen LogP contribution in [0.2, 0.25) is 0 Å². The Labute approximate surface area is 170 Å². The Hall–Kier alpha value is -2.60. The van der Waals surface area contributed by atoms with E-state index in [2.05, 4.69) is 11.4 Å². The van der Waals surface area contributed by atoms with Crippen LogP contribution >= 0.6 is 0 Å². The van der Waals surface area contributed by atoms with Crippen molar-refractivity contribution < 1.29 is 14.0 Å². The van der Waals surface area contributed by atoms with Crippen molar-refractivity contribution in [3.05, 3.63) is 59.5 Å². The minimum absolute atomic E-state index is 0.0696. The fourth-order valence-electron chi connectivity index (χ4n) is 5.13. The van der Waals surface area contributed by atoms with E-state index < -0.39 is 6.04 Å². The molecule has 3 aliphatic rings. The first-order valence-electron chi connectivity index (χ1n) is 10.6. The van der Waals surface area contributed by atoms with E-state index in [9.17, 15) is 9.59 Å². The Kier molecular flexibility index (Phi) is 4.66. The van der Waals surface area contributed by atoms with Crippen LogP contribution < -0.4 is 5.32 Å². The zero-order valence-electron chi connectivity index (χ0n) is 16.6. The van der Waals surface area contributed by atoms with Crippen LogP contribution in [0.15, 0.2) is 47.1 Å². The van der Waals surface area contributed by atoms with E-state index >= 15 is 0 Å². The predicted molar refractivity (Wildman–Crippen MR) is 108 cm³/mol. The topological polar surface area (TPSA) is 65.8 Å². The summed E-state index contributed by atoms with van der Waals surface area (Å²) < 4.78 is 5.35. The highest BCUT2D eigenvalue weighted by molar-refractivity contribution is 5.96. The normalized spacial score (nSPS) is 23.2. The van der Waals surface area contributed by atoms with Gasteiger partial charge in [0.15, 0.2) is 5.76 Å². The number of nitrogens with zero attached hydrogens (tertiary/aromatic N) is 2. The molecule has 1 aromatic heterocycles. The maximum Gasteiger partial charge on any atom is 0.290 e. The lowest BCUT2D eigenvalue weighted by Crippen LogP contribution is -2.55. The molecule has 1 N–H and O–H groups in total. The van der Waals surface area contributed by atoms with E-state index in [1.165, 1.54) is 12.7 Å². The molecular weight excluding hydrogens is 366 g/mol. The summed E-state index contributed by atoms with van der Waals surface area (Å²) in [5.41, 5.74) is 2.62. The van der Waals surface area contributed by atoms with Gasteiger partial charge in [-0.3, -0.25) is 9.59 Å². The molecule has 6 nitrogen and oxygen atoms in total. The summed E-state index contributed by atoms with van der Waals surface area (Å²) in [5, 5.41) is 3.47. The van der Waals surface area contributed by atoms with Gasteiger partial charge in [0.25, 0.3) is 5.91 Å². The third-order valence-electron chi connectivity index (χ3n) is 6.99. The molecule has 0 aliphatic carbocycles. The lowest BCUT2D eigenvalue weighted by Gasteiger charge is -2.43. The van der Waals surface area contributed by atoms with Crippen molar-refractivity contribution in [2.24, 2.45) is 5.41 Å². The maximum atomic E-state index is 13.5. The van der Waals surface area contributed by atoms with Gasteiger partial charge in [-0.15, -0.1) is 0 Å². The fourth-order valence-corrected chi connectivity index (χ4v) is 5.13. The largest absolute Gasteiger partial charge is 0.459 e. The second kappa shape index (κ2) is 7.34. The van der Waals surface area contributed by atoms with Crippen LogP contribution in [0.3, 0.4) is 0 Å². The standard InChI is InChI=1S/C23H27N3O3/c27-21(25-11-8-23(9-12-25)7-10-24-16-23)19-14-17-4-1-2-5-18(17)15-26(19)22(28)20-6-3-13-29-20/h1-6,13,19,24H,7-12,14-16H2. The quantitative estimate of drug-likeness (QED) is 0.851. The van der Waals surface area contributed by atoms with Gasteiger partial charge < -0.3 is 19.5 Å². The van der Waals surface area contributed by atoms with Crippen molar-refractivity contribution in [2.45, 2.75) is 38.3 Å². The molecule has 1 spiro atoms. The summed E-state index contributed by atoms with van der Waals surface area (Å²) in [6, 6.07) is 11.0. The van der Waals surface area contributed by atoms with Crippen LogP contribution in [0.5, 0.6) is 0 Å². The van der Waals surface area contributed by atoms with Crippen LogP contribution in [0.25, 0.3) is 0 Å². The number of benzene rings is 1. The molecule has 0 bridgehead atoms. The second-order valence-electron chi connectivity index (χ2n) is 8.65. The molecule has 2 saturated heterocycles. The summed E-state index contributed by atoms with van der Waals surface area (Å²) in [7, 11) is 0. The summed E-state index contributed by atoms with van der Waals surface area (Å²) in [4.78, 5) is 30.3. The Balaban J connectivity index is 1.38. The van der Waals surface area contributed by atoms with Crippen LogP contribution in [0.1, 0.15) is 40.9 Å². The average molecular weight is 393 g/mol. The predicted octanol–water partition coefficient (Wildman–Crippen LogP) is 2.45. The number of piperidine rings is 1. The number of hydrogen-bond donors (Lipinski definition) is 1. The zero-order chi connectivity index (χ0) is 19.8. The highest BCUT2D eigenvalue weighted by Crippen LogP contribution is 2.37. The van der Waals surface area contributed by atoms with Crippen molar-refractivity contribution >= 4 is 11.8 Å². The van der Waals surface area contributed by atoms with Crippen LogP contribution in [-0.2, 0) is 17.8 Å². The number of likely N-dealkylation sites (tertiary alicyclic amines) is 1. The Morgan fingerprint density at radius 1 is 1.03 bits per heavy atom. The zero-order valence-corrected chi connectivity index (χ0v) is 16.6. The molecule has 152 valence electrons. The SMILES string of the molecule is O=C(C1Cc2ccccc2CN1C(=O)c1ccco1)N1CCC2(CCNC2)CC1. The monoisotopic (exact) mass is 393 g/mol. The molecule has 29 heavy (non-hydrogen) atoms. The van der Waals surface area contributed by atoms with Crippen LogP contribution in [0, 0.1) is 5.41 Å². The fraction of sp³-hybridized carbons (Fsp3) is 0.478. The van der Waals surface area contributed by atoms with Crippen molar-refractivity contribution in [1.82, 2.24) is 15.1 Å². The minimum Gasteiger partial charge on any atom is -0.459 e. The van der Waals surface area contributed by atoms with E-state index in [4.69, 9.17) is 4.42 Å². The third kappa shape index (κ3) is 3.35. The average Bonchev–Trinajstić information content (AvgIpc) is 3.45. The molecule has 1 unspecified atom stereocenters. The molecule has 2 aromatic rings. The van der Waals surface area contributed by atoms with E-state index in [1.54, 1.807) is 17.0 Å². The molecule has 1 aromatic carbocycles. The Morgan fingerprint density at radius 2 is 1.83 bits per heavy atom. The number of carbonyl (C=O) groups is 2. The number of fused-ring (bicyclic) bond motifs is 1.